The maximum Gasteiger partial charge on any atom is 0.126 e. The maximum absolute atomic E-state index is 13.5. The van der Waals surface area contributed by atoms with Gasteiger partial charge in [-0.25, -0.2) is 4.39 Å². The molecule has 0 aromatic heterocycles. The molecule has 2 heteroatoms. The van der Waals surface area contributed by atoms with Crippen LogP contribution < -0.4 is 5.32 Å². The Morgan fingerprint density at radius 3 is 3.00 bits per heavy atom. The molecule has 1 aromatic rings. The van der Waals surface area contributed by atoms with Crippen LogP contribution in [0.4, 0.5) is 4.39 Å². The number of hydrogen-bond acceptors (Lipinski definition) is 1. The first-order valence-electron chi connectivity index (χ1n) is 5.33. The van der Waals surface area contributed by atoms with Crippen LogP contribution in [0.5, 0.6) is 0 Å². The van der Waals surface area contributed by atoms with Gasteiger partial charge in [0.15, 0.2) is 0 Å². The predicted octanol–water partition coefficient (Wildman–Crippen LogP) is 2.81. The van der Waals surface area contributed by atoms with Gasteiger partial charge in [0.2, 0.25) is 0 Å². The third-order valence-corrected chi connectivity index (χ3v) is 2.94. The molecule has 1 aliphatic rings. The third-order valence-electron chi connectivity index (χ3n) is 2.94. The zero-order chi connectivity index (χ0) is 9.97. The van der Waals surface area contributed by atoms with Gasteiger partial charge in [0.25, 0.3) is 0 Å². The van der Waals surface area contributed by atoms with E-state index in [9.17, 15) is 4.39 Å². The van der Waals surface area contributed by atoms with E-state index in [0.717, 1.165) is 30.5 Å². The fourth-order valence-corrected chi connectivity index (χ4v) is 2.22. The van der Waals surface area contributed by atoms with Crippen LogP contribution in [-0.2, 0) is 6.42 Å². The largest absolute Gasteiger partial charge is 0.310 e. The van der Waals surface area contributed by atoms with Gasteiger partial charge >= 0.3 is 0 Å². The summed E-state index contributed by atoms with van der Waals surface area (Å²) in [5, 5.41) is 3.41. The van der Waals surface area contributed by atoms with Gasteiger partial charge in [-0.1, -0.05) is 19.1 Å². The minimum atomic E-state index is -0.0568. The molecule has 0 bridgehead atoms. The fraction of sp³-hybridized carbons (Fsp3) is 0.500. The molecule has 1 saturated heterocycles. The summed E-state index contributed by atoms with van der Waals surface area (Å²) in [6, 6.07) is 5.78. The Morgan fingerprint density at radius 2 is 2.36 bits per heavy atom. The van der Waals surface area contributed by atoms with Crippen molar-refractivity contribution in [1.82, 2.24) is 5.32 Å². The van der Waals surface area contributed by atoms with Crippen LogP contribution in [0, 0.1) is 5.82 Å². The van der Waals surface area contributed by atoms with E-state index in [1.54, 1.807) is 6.07 Å². The summed E-state index contributed by atoms with van der Waals surface area (Å²) in [5.74, 6) is -0.0568. The van der Waals surface area contributed by atoms with E-state index in [1.165, 1.54) is 6.42 Å². The van der Waals surface area contributed by atoms with Crippen molar-refractivity contribution >= 4 is 0 Å². The van der Waals surface area contributed by atoms with Gasteiger partial charge in [-0.05, 0) is 43.0 Å². The second kappa shape index (κ2) is 4.09. The van der Waals surface area contributed by atoms with Crippen LogP contribution in [0.15, 0.2) is 18.2 Å². The van der Waals surface area contributed by atoms with Crippen LogP contribution in [0.25, 0.3) is 0 Å². The molecule has 0 spiro atoms. The Morgan fingerprint density at radius 1 is 1.50 bits per heavy atom. The first-order valence-corrected chi connectivity index (χ1v) is 5.33. The standard InChI is InChI=1S/C12H16FN/c1-2-9-10(5-3-6-11(9)13)12-7-4-8-14-12/h3,5-6,12,14H,2,4,7-8H2,1H3/t12-/m0/s1. The van der Waals surface area contributed by atoms with Crippen molar-refractivity contribution in [3.63, 3.8) is 0 Å². The van der Waals surface area contributed by atoms with Crippen LogP contribution in [0.3, 0.4) is 0 Å². The molecule has 1 heterocycles. The Kier molecular flexibility index (Phi) is 2.82. The van der Waals surface area contributed by atoms with Crippen LogP contribution in [0.2, 0.25) is 0 Å². The molecular formula is C12H16FN. The number of hydrogen-bond donors (Lipinski definition) is 1. The van der Waals surface area contributed by atoms with Crippen LogP contribution >= 0.6 is 0 Å². The molecule has 1 atom stereocenters. The molecule has 2 rings (SSSR count). The number of rotatable bonds is 2. The van der Waals surface area contributed by atoms with Crippen LogP contribution in [-0.4, -0.2) is 6.54 Å². The highest BCUT2D eigenvalue weighted by atomic mass is 19.1. The number of nitrogens with one attached hydrogen (secondary N) is 1. The highest BCUT2D eigenvalue weighted by Crippen LogP contribution is 2.27. The number of halogens is 1. The molecule has 1 aliphatic heterocycles. The lowest BCUT2D eigenvalue weighted by atomic mass is 9.97. The SMILES string of the molecule is CCc1c(F)cccc1[C@@H]1CCCN1. The Bertz CT molecular complexity index is 316. The van der Waals surface area contributed by atoms with E-state index >= 15 is 0 Å². The van der Waals surface area contributed by atoms with Crippen molar-refractivity contribution in [2.24, 2.45) is 0 Å². The lowest BCUT2D eigenvalue weighted by molar-refractivity contribution is 0.587. The van der Waals surface area contributed by atoms with E-state index in [1.807, 2.05) is 19.1 Å². The van der Waals surface area contributed by atoms with Crippen molar-refractivity contribution in [2.75, 3.05) is 6.54 Å². The first kappa shape index (κ1) is 9.66. The van der Waals surface area contributed by atoms with Crippen molar-refractivity contribution in [2.45, 2.75) is 32.2 Å². The van der Waals surface area contributed by atoms with Crippen molar-refractivity contribution in [1.29, 1.82) is 0 Å². The average Bonchev–Trinajstić information content (AvgIpc) is 2.70. The predicted molar refractivity (Wildman–Crippen MR) is 55.8 cm³/mol. The minimum Gasteiger partial charge on any atom is -0.310 e. The lowest BCUT2D eigenvalue weighted by Crippen LogP contribution is -2.15. The molecule has 1 N–H and O–H groups in total. The quantitative estimate of drug-likeness (QED) is 0.761. The monoisotopic (exact) mass is 193 g/mol. The van der Waals surface area contributed by atoms with Gasteiger partial charge < -0.3 is 5.32 Å². The molecule has 0 unspecified atom stereocenters. The molecule has 1 fully saturated rings. The van der Waals surface area contributed by atoms with Gasteiger partial charge in [-0.3, -0.25) is 0 Å². The highest BCUT2D eigenvalue weighted by Gasteiger charge is 2.19. The van der Waals surface area contributed by atoms with E-state index in [-0.39, 0.29) is 5.82 Å². The molecule has 0 saturated carbocycles. The average molecular weight is 193 g/mol. The molecule has 0 amide bonds. The van der Waals surface area contributed by atoms with Gasteiger partial charge in [0.1, 0.15) is 5.82 Å². The maximum atomic E-state index is 13.5. The molecule has 1 aromatic carbocycles. The van der Waals surface area contributed by atoms with Crippen LogP contribution in [0.1, 0.15) is 36.9 Å². The molecular weight excluding hydrogens is 177 g/mol. The summed E-state index contributed by atoms with van der Waals surface area (Å²) in [6.45, 7) is 3.07. The zero-order valence-corrected chi connectivity index (χ0v) is 8.52. The Labute approximate surface area is 84.3 Å². The van der Waals surface area contributed by atoms with E-state index in [0.29, 0.717) is 6.04 Å². The molecule has 14 heavy (non-hydrogen) atoms. The van der Waals surface area contributed by atoms with Gasteiger partial charge in [-0.2, -0.15) is 0 Å². The summed E-state index contributed by atoms with van der Waals surface area (Å²) < 4.78 is 13.5. The van der Waals surface area contributed by atoms with Crippen molar-refractivity contribution in [3.8, 4) is 0 Å². The lowest BCUT2D eigenvalue weighted by Gasteiger charge is -2.15. The molecule has 0 radical (unpaired) electrons. The van der Waals surface area contributed by atoms with Gasteiger partial charge in [-0.15, -0.1) is 0 Å². The second-order valence-electron chi connectivity index (χ2n) is 3.81. The third kappa shape index (κ3) is 1.67. The van der Waals surface area contributed by atoms with Gasteiger partial charge in [0.05, 0.1) is 0 Å². The summed E-state index contributed by atoms with van der Waals surface area (Å²) in [6.07, 6.45) is 3.11. The summed E-state index contributed by atoms with van der Waals surface area (Å²) in [7, 11) is 0. The van der Waals surface area contributed by atoms with E-state index < -0.39 is 0 Å². The van der Waals surface area contributed by atoms with E-state index in [4.69, 9.17) is 0 Å². The summed E-state index contributed by atoms with van der Waals surface area (Å²) in [4.78, 5) is 0. The topological polar surface area (TPSA) is 12.0 Å². The molecule has 76 valence electrons. The van der Waals surface area contributed by atoms with E-state index in [2.05, 4.69) is 5.32 Å². The zero-order valence-electron chi connectivity index (χ0n) is 8.52. The van der Waals surface area contributed by atoms with Gasteiger partial charge in [0, 0.05) is 6.04 Å². The van der Waals surface area contributed by atoms with Crippen molar-refractivity contribution in [3.05, 3.63) is 35.1 Å². The smallest absolute Gasteiger partial charge is 0.126 e. The molecule has 1 nitrogen and oxygen atoms in total. The fourth-order valence-electron chi connectivity index (χ4n) is 2.22. The normalized spacial score (nSPS) is 21.4. The summed E-state index contributed by atoms with van der Waals surface area (Å²) in [5.41, 5.74) is 2.04. The Hall–Kier alpha value is -0.890. The van der Waals surface area contributed by atoms with Crippen molar-refractivity contribution < 1.29 is 4.39 Å². The first-order chi connectivity index (χ1) is 6.83. The number of benzene rings is 1. The Balaban J connectivity index is 2.35. The second-order valence-corrected chi connectivity index (χ2v) is 3.81. The summed E-state index contributed by atoms with van der Waals surface area (Å²) >= 11 is 0. The molecule has 0 aliphatic carbocycles. The highest BCUT2D eigenvalue weighted by molar-refractivity contribution is 5.31. The minimum absolute atomic E-state index is 0.0568.